The van der Waals surface area contributed by atoms with Crippen molar-refractivity contribution >= 4 is 21.8 Å². The highest BCUT2D eigenvalue weighted by Gasteiger charge is 2.45. The molecule has 0 spiro atoms. The molecule has 6 atom stereocenters. The number of benzene rings is 4. The van der Waals surface area contributed by atoms with Gasteiger partial charge in [0.25, 0.3) is 0 Å². The molecular formula is C47H46N2. The van der Waals surface area contributed by atoms with E-state index in [1.54, 1.807) is 0 Å². The monoisotopic (exact) mass is 638 g/mol. The van der Waals surface area contributed by atoms with Crippen LogP contribution in [-0.4, -0.2) is 10.6 Å². The molecule has 5 aromatic rings. The summed E-state index contributed by atoms with van der Waals surface area (Å²) < 4.78 is 2.62. The van der Waals surface area contributed by atoms with Crippen molar-refractivity contribution in [1.82, 2.24) is 9.88 Å². The molecule has 4 aliphatic rings. The number of para-hydroxylation sites is 1. The van der Waals surface area contributed by atoms with Crippen molar-refractivity contribution in [3.8, 4) is 11.1 Å². The molecule has 2 heteroatoms. The first-order valence-corrected chi connectivity index (χ1v) is 18.2. The molecule has 0 fully saturated rings. The van der Waals surface area contributed by atoms with E-state index in [4.69, 9.17) is 0 Å². The van der Waals surface area contributed by atoms with Crippen LogP contribution < -0.4 is 5.32 Å². The highest BCUT2D eigenvalue weighted by atomic mass is 15.2. The van der Waals surface area contributed by atoms with Gasteiger partial charge in [0.2, 0.25) is 0 Å². The van der Waals surface area contributed by atoms with E-state index in [1.807, 2.05) is 0 Å². The Morgan fingerprint density at radius 1 is 0.776 bits per heavy atom. The SMILES string of the molecule is CC1CC=CC(C2=CCC(C)(c3ccccc3)C=C2)NC1n1c2ccccc2c2ccc(-c3cccc4c3C(C)(C)C3C=CC=CC43)cc21. The Morgan fingerprint density at radius 2 is 1.57 bits per heavy atom. The first kappa shape index (κ1) is 30.4. The highest BCUT2D eigenvalue weighted by molar-refractivity contribution is 6.09. The van der Waals surface area contributed by atoms with Crippen LogP contribution in [0.1, 0.15) is 69.3 Å². The normalized spacial score (nSPS) is 28.4. The summed E-state index contributed by atoms with van der Waals surface area (Å²) in [4.78, 5) is 0. The topological polar surface area (TPSA) is 17.0 Å². The van der Waals surface area contributed by atoms with E-state index < -0.39 is 0 Å². The maximum Gasteiger partial charge on any atom is 0.0881 e. The molecular weight excluding hydrogens is 593 g/mol. The van der Waals surface area contributed by atoms with Crippen LogP contribution >= 0.6 is 0 Å². The maximum atomic E-state index is 4.18. The van der Waals surface area contributed by atoms with Crippen LogP contribution in [-0.2, 0) is 10.8 Å². The number of nitrogens with zero attached hydrogens (tertiary/aromatic N) is 1. The zero-order chi connectivity index (χ0) is 33.3. The maximum absolute atomic E-state index is 4.18. The van der Waals surface area contributed by atoms with Gasteiger partial charge in [-0.25, -0.2) is 0 Å². The number of allylic oxidation sites excluding steroid dienone is 7. The van der Waals surface area contributed by atoms with Crippen molar-refractivity contribution in [2.75, 3.05) is 0 Å². The fraction of sp³-hybridized carbons (Fsp3) is 0.277. The Labute approximate surface area is 291 Å². The second-order valence-corrected chi connectivity index (χ2v) is 15.7. The molecule has 4 aromatic carbocycles. The van der Waals surface area contributed by atoms with E-state index in [1.165, 1.54) is 55.2 Å². The van der Waals surface area contributed by atoms with Gasteiger partial charge in [0, 0.05) is 22.1 Å². The second kappa shape index (κ2) is 11.5. The minimum atomic E-state index is 0.0195. The van der Waals surface area contributed by atoms with Crippen molar-refractivity contribution in [1.29, 1.82) is 0 Å². The van der Waals surface area contributed by atoms with Crippen molar-refractivity contribution in [2.45, 2.75) is 69.5 Å². The second-order valence-electron chi connectivity index (χ2n) is 15.7. The molecule has 244 valence electrons. The van der Waals surface area contributed by atoms with Gasteiger partial charge in [0.15, 0.2) is 0 Å². The average molecular weight is 639 g/mol. The summed E-state index contributed by atoms with van der Waals surface area (Å²) >= 11 is 0. The molecule has 0 radical (unpaired) electrons. The summed E-state index contributed by atoms with van der Waals surface area (Å²) in [7, 11) is 0. The van der Waals surface area contributed by atoms with Gasteiger partial charge in [0.05, 0.1) is 23.2 Å². The van der Waals surface area contributed by atoms with E-state index in [2.05, 4.69) is 183 Å². The lowest BCUT2D eigenvalue weighted by Gasteiger charge is -2.33. The third-order valence-corrected chi connectivity index (χ3v) is 12.3. The average Bonchev–Trinajstić information content (AvgIpc) is 3.49. The zero-order valence-electron chi connectivity index (χ0n) is 29.1. The summed E-state index contributed by atoms with van der Waals surface area (Å²) in [5.41, 5.74) is 11.1. The van der Waals surface area contributed by atoms with Crippen LogP contribution in [0.15, 0.2) is 151 Å². The van der Waals surface area contributed by atoms with Crippen molar-refractivity contribution in [3.63, 3.8) is 0 Å². The molecule has 49 heavy (non-hydrogen) atoms. The molecule has 0 saturated heterocycles. The zero-order valence-corrected chi connectivity index (χ0v) is 29.1. The fourth-order valence-corrected chi connectivity index (χ4v) is 9.54. The van der Waals surface area contributed by atoms with Crippen LogP contribution in [0, 0.1) is 11.8 Å². The van der Waals surface area contributed by atoms with Crippen molar-refractivity contribution < 1.29 is 0 Å². The summed E-state index contributed by atoms with van der Waals surface area (Å²) in [6.07, 6.45) is 23.5. The number of nitrogens with one attached hydrogen (secondary N) is 1. The quantitative estimate of drug-likeness (QED) is 0.194. The van der Waals surface area contributed by atoms with E-state index in [0.717, 1.165) is 12.8 Å². The molecule has 1 aromatic heterocycles. The summed E-state index contributed by atoms with van der Waals surface area (Å²) in [6.45, 7) is 9.65. The van der Waals surface area contributed by atoms with Gasteiger partial charge < -0.3 is 4.57 Å². The van der Waals surface area contributed by atoms with Gasteiger partial charge in [-0.2, -0.15) is 0 Å². The Bertz CT molecular complexity index is 2240. The van der Waals surface area contributed by atoms with E-state index >= 15 is 0 Å². The molecule has 0 saturated carbocycles. The van der Waals surface area contributed by atoms with E-state index in [0.29, 0.717) is 17.8 Å². The van der Waals surface area contributed by atoms with Crippen LogP contribution in [0.2, 0.25) is 0 Å². The number of fused-ring (bicyclic) bond motifs is 6. The van der Waals surface area contributed by atoms with E-state index in [9.17, 15) is 0 Å². The standard InChI is InChI=1S/C47H46N2/c1-31-14-12-22-41(32-26-28-47(4,29-27-32)34-15-6-5-7-16-34)48-45(31)49-42-23-11-9-18-37(42)38-25-24-33(30-43(38)49)35-19-13-20-39-36-17-8-10-21-40(36)46(2,3)44(35)39/h5-13,15-28,30-31,36,40-41,45,48H,14,29H2,1-4H3. The number of hydrogen-bond acceptors (Lipinski definition) is 1. The first-order valence-electron chi connectivity index (χ1n) is 18.2. The predicted octanol–water partition coefficient (Wildman–Crippen LogP) is 11.5. The molecule has 2 heterocycles. The summed E-state index contributed by atoms with van der Waals surface area (Å²) in [6, 6.07) is 34.3. The number of hydrogen-bond donors (Lipinski definition) is 1. The molecule has 0 amide bonds. The van der Waals surface area contributed by atoms with Crippen LogP contribution in [0.25, 0.3) is 32.9 Å². The van der Waals surface area contributed by atoms with Crippen molar-refractivity contribution in [2.24, 2.45) is 11.8 Å². The predicted molar refractivity (Wildman–Crippen MR) is 207 cm³/mol. The van der Waals surface area contributed by atoms with Crippen molar-refractivity contribution in [3.05, 3.63) is 168 Å². The minimum Gasteiger partial charge on any atom is -0.324 e. The largest absolute Gasteiger partial charge is 0.324 e. The Morgan fingerprint density at radius 3 is 2.41 bits per heavy atom. The van der Waals surface area contributed by atoms with Gasteiger partial charge in [-0.15, -0.1) is 0 Å². The molecule has 2 nitrogen and oxygen atoms in total. The minimum absolute atomic E-state index is 0.0195. The molecule has 1 N–H and O–H groups in total. The van der Waals surface area contributed by atoms with Gasteiger partial charge in [0.1, 0.15) is 0 Å². The van der Waals surface area contributed by atoms with Gasteiger partial charge in [-0.3, -0.25) is 5.32 Å². The Hall–Kier alpha value is -4.66. The molecule has 9 rings (SSSR count). The lowest BCUT2D eigenvalue weighted by molar-refractivity contribution is 0.305. The van der Waals surface area contributed by atoms with Gasteiger partial charge >= 0.3 is 0 Å². The number of aromatic nitrogens is 1. The van der Waals surface area contributed by atoms with Gasteiger partial charge in [-0.05, 0) is 75.6 Å². The Balaban J connectivity index is 1.14. The third-order valence-electron chi connectivity index (χ3n) is 12.3. The number of rotatable bonds is 4. The first-order chi connectivity index (χ1) is 23.8. The third kappa shape index (κ3) is 4.79. The fourth-order valence-electron chi connectivity index (χ4n) is 9.54. The van der Waals surface area contributed by atoms with Crippen LogP contribution in [0.4, 0.5) is 0 Å². The molecule has 3 aliphatic carbocycles. The molecule has 0 bridgehead atoms. The van der Waals surface area contributed by atoms with Crippen LogP contribution in [0.3, 0.4) is 0 Å². The molecule has 6 unspecified atom stereocenters. The summed E-state index contributed by atoms with van der Waals surface area (Å²) in [5, 5.41) is 6.82. The molecule has 1 aliphatic heterocycles. The van der Waals surface area contributed by atoms with E-state index in [-0.39, 0.29) is 23.0 Å². The van der Waals surface area contributed by atoms with Crippen LogP contribution in [0.5, 0.6) is 0 Å². The lowest BCUT2D eigenvalue weighted by atomic mass is 9.73. The van der Waals surface area contributed by atoms with Gasteiger partial charge in [-0.1, -0.05) is 161 Å². The highest BCUT2D eigenvalue weighted by Crippen LogP contribution is 2.55. The summed E-state index contributed by atoms with van der Waals surface area (Å²) in [5.74, 6) is 1.34. The smallest absolute Gasteiger partial charge is 0.0881 e. The lowest BCUT2D eigenvalue weighted by Crippen LogP contribution is -2.38. The Kier molecular flexibility index (Phi) is 7.11.